The lowest BCUT2D eigenvalue weighted by Gasteiger charge is -2.14. The Kier molecular flexibility index (Phi) is 3.51. The van der Waals surface area contributed by atoms with Gasteiger partial charge in [0.2, 0.25) is 0 Å². The Balaban J connectivity index is 2.08. The fraction of sp³-hybridized carbons (Fsp3) is 0.312. The van der Waals surface area contributed by atoms with Gasteiger partial charge in [-0.15, -0.1) is 0 Å². The summed E-state index contributed by atoms with van der Waals surface area (Å²) in [6, 6.07) is 8.35. The normalized spacial score (nSPS) is 13.0. The van der Waals surface area contributed by atoms with Crippen LogP contribution in [0.4, 0.5) is 4.39 Å². The second-order valence-electron chi connectivity index (χ2n) is 5.08. The number of aryl methyl sites for hydroxylation is 2. The van der Waals surface area contributed by atoms with Crippen LogP contribution in [0.25, 0.3) is 11.0 Å². The van der Waals surface area contributed by atoms with Crippen molar-refractivity contribution in [3.05, 3.63) is 53.3 Å². The maximum Gasteiger partial charge on any atom is 0.134 e. The minimum Gasteiger partial charge on any atom is -0.459 e. The van der Waals surface area contributed by atoms with Crippen LogP contribution in [0, 0.1) is 12.7 Å². The first-order valence-electron chi connectivity index (χ1n) is 7.03. The van der Waals surface area contributed by atoms with Crippen molar-refractivity contribution in [2.24, 2.45) is 0 Å². The van der Waals surface area contributed by atoms with Crippen molar-refractivity contribution in [2.75, 3.05) is 7.05 Å². The molecule has 2 heterocycles. The molecular weight excluding hydrogens is 269 g/mol. The summed E-state index contributed by atoms with van der Waals surface area (Å²) in [7, 11) is 1.88. The Labute approximate surface area is 122 Å². The number of halogens is 1. The van der Waals surface area contributed by atoms with E-state index in [0.717, 1.165) is 29.1 Å². The van der Waals surface area contributed by atoms with Crippen molar-refractivity contribution in [2.45, 2.75) is 26.4 Å². The highest BCUT2D eigenvalue weighted by atomic mass is 19.1. The zero-order chi connectivity index (χ0) is 15.0. The molecule has 2 aromatic heterocycles. The average molecular weight is 287 g/mol. The van der Waals surface area contributed by atoms with Gasteiger partial charge in [0, 0.05) is 11.9 Å². The number of benzene rings is 1. The van der Waals surface area contributed by atoms with Gasteiger partial charge < -0.3 is 9.73 Å². The Hall–Kier alpha value is -2.14. The van der Waals surface area contributed by atoms with Crippen molar-refractivity contribution in [1.29, 1.82) is 0 Å². The zero-order valence-corrected chi connectivity index (χ0v) is 12.4. The summed E-state index contributed by atoms with van der Waals surface area (Å²) in [5.74, 6) is 0.498. The molecule has 5 heteroatoms. The van der Waals surface area contributed by atoms with Gasteiger partial charge in [0.15, 0.2) is 0 Å². The standard InChI is InChI=1S/C16H18FN3O/c1-4-20-13(7-10(2)19-20)16(18-3)15-9-11-8-12(17)5-6-14(11)21-15/h5-9,16,18H,4H2,1-3H3. The number of nitrogens with one attached hydrogen (secondary N) is 1. The molecule has 110 valence electrons. The van der Waals surface area contributed by atoms with Gasteiger partial charge in [0.25, 0.3) is 0 Å². The maximum atomic E-state index is 13.3. The Morgan fingerprint density at radius 1 is 1.33 bits per heavy atom. The number of nitrogens with zero attached hydrogens (tertiary/aromatic N) is 2. The van der Waals surface area contributed by atoms with Gasteiger partial charge in [-0.25, -0.2) is 4.39 Å². The molecule has 3 rings (SSSR count). The molecule has 0 aliphatic carbocycles. The molecule has 21 heavy (non-hydrogen) atoms. The number of furan rings is 1. The summed E-state index contributed by atoms with van der Waals surface area (Å²) in [6.45, 7) is 4.81. The van der Waals surface area contributed by atoms with E-state index in [-0.39, 0.29) is 11.9 Å². The quantitative estimate of drug-likeness (QED) is 0.799. The van der Waals surface area contributed by atoms with Crippen LogP contribution in [-0.2, 0) is 6.54 Å². The van der Waals surface area contributed by atoms with Gasteiger partial charge in [-0.05, 0) is 51.2 Å². The molecular formula is C16H18FN3O. The van der Waals surface area contributed by atoms with E-state index in [0.29, 0.717) is 5.58 Å². The summed E-state index contributed by atoms with van der Waals surface area (Å²) in [4.78, 5) is 0. The highest BCUT2D eigenvalue weighted by Gasteiger charge is 2.21. The fourth-order valence-corrected chi connectivity index (χ4v) is 2.66. The smallest absolute Gasteiger partial charge is 0.134 e. The molecule has 0 spiro atoms. The number of rotatable bonds is 4. The number of fused-ring (bicyclic) bond motifs is 1. The van der Waals surface area contributed by atoms with E-state index in [1.54, 1.807) is 6.07 Å². The number of hydrogen-bond acceptors (Lipinski definition) is 3. The van der Waals surface area contributed by atoms with E-state index in [9.17, 15) is 4.39 Å². The van der Waals surface area contributed by atoms with Crippen molar-refractivity contribution in [3.63, 3.8) is 0 Å². The summed E-state index contributed by atoms with van der Waals surface area (Å²) < 4.78 is 21.1. The van der Waals surface area contributed by atoms with Gasteiger partial charge in [-0.2, -0.15) is 5.10 Å². The molecule has 3 aromatic rings. The predicted molar refractivity (Wildman–Crippen MR) is 79.7 cm³/mol. The van der Waals surface area contributed by atoms with E-state index >= 15 is 0 Å². The van der Waals surface area contributed by atoms with Crippen LogP contribution in [0.15, 0.2) is 34.7 Å². The molecule has 0 bridgehead atoms. The third-order valence-electron chi connectivity index (χ3n) is 3.60. The lowest BCUT2D eigenvalue weighted by Crippen LogP contribution is -2.20. The van der Waals surface area contributed by atoms with Gasteiger partial charge in [0.05, 0.1) is 11.4 Å². The Morgan fingerprint density at radius 3 is 2.86 bits per heavy atom. The monoisotopic (exact) mass is 287 g/mol. The van der Waals surface area contributed by atoms with E-state index in [4.69, 9.17) is 4.42 Å². The molecule has 1 aromatic carbocycles. The van der Waals surface area contributed by atoms with E-state index in [1.807, 2.05) is 30.8 Å². The first-order chi connectivity index (χ1) is 10.1. The van der Waals surface area contributed by atoms with Crippen LogP contribution >= 0.6 is 0 Å². The van der Waals surface area contributed by atoms with Gasteiger partial charge in [-0.3, -0.25) is 4.68 Å². The maximum absolute atomic E-state index is 13.3. The summed E-state index contributed by atoms with van der Waals surface area (Å²) in [5, 5.41) is 8.48. The minimum atomic E-state index is -0.259. The Bertz CT molecular complexity index is 775. The van der Waals surface area contributed by atoms with E-state index < -0.39 is 0 Å². The first-order valence-corrected chi connectivity index (χ1v) is 7.03. The summed E-state index contributed by atoms with van der Waals surface area (Å²) >= 11 is 0. The van der Waals surface area contributed by atoms with E-state index in [1.165, 1.54) is 12.1 Å². The molecule has 0 aliphatic rings. The molecule has 1 unspecified atom stereocenters. The highest BCUT2D eigenvalue weighted by Crippen LogP contribution is 2.29. The minimum absolute atomic E-state index is 0.110. The van der Waals surface area contributed by atoms with Crippen molar-refractivity contribution < 1.29 is 8.81 Å². The SMILES string of the molecule is CCn1nc(C)cc1C(NC)c1cc2cc(F)ccc2o1. The zero-order valence-electron chi connectivity index (χ0n) is 12.4. The highest BCUT2D eigenvalue weighted by molar-refractivity contribution is 5.78. The molecule has 0 fully saturated rings. The third-order valence-corrected chi connectivity index (χ3v) is 3.60. The molecule has 0 saturated carbocycles. The second kappa shape index (κ2) is 5.33. The van der Waals surface area contributed by atoms with Crippen molar-refractivity contribution in [1.82, 2.24) is 15.1 Å². The van der Waals surface area contributed by atoms with Crippen LogP contribution in [0.1, 0.15) is 30.1 Å². The molecule has 0 saturated heterocycles. The fourth-order valence-electron chi connectivity index (χ4n) is 2.66. The molecule has 0 amide bonds. The van der Waals surface area contributed by atoms with E-state index in [2.05, 4.69) is 17.3 Å². The van der Waals surface area contributed by atoms with Gasteiger partial charge >= 0.3 is 0 Å². The summed E-state index contributed by atoms with van der Waals surface area (Å²) in [5.41, 5.74) is 2.69. The molecule has 4 nitrogen and oxygen atoms in total. The largest absolute Gasteiger partial charge is 0.459 e. The first kappa shape index (κ1) is 13.8. The lowest BCUT2D eigenvalue weighted by atomic mass is 10.1. The Morgan fingerprint density at radius 2 is 2.14 bits per heavy atom. The van der Waals surface area contributed by atoms with Gasteiger partial charge in [0.1, 0.15) is 23.2 Å². The summed E-state index contributed by atoms with van der Waals surface area (Å²) in [6.07, 6.45) is 0. The number of aromatic nitrogens is 2. The van der Waals surface area contributed by atoms with Crippen LogP contribution in [0.5, 0.6) is 0 Å². The second-order valence-corrected chi connectivity index (χ2v) is 5.08. The molecule has 1 atom stereocenters. The van der Waals surface area contributed by atoms with Gasteiger partial charge in [-0.1, -0.05) is 0 Å². The predicted octanol–water partition coefficient (Wildman–Crippen LogP) is 3.41. The van der Waals surface area contributed by atoms with Crippen LogP contribution in [-0.4, -0.2) is 16.8 Å². The van der Waals surface area contributed by atoms with Crippen LogP contribution < -0.4 is 5.32 Å². The van der Waals surface area contributed by atoms with Crippen LogP contribution in [0.2, 0.25) is 0 Å². The van der Waals surface area contributed by atoms with Crippen molar-refractivity contribution in [3.8, 4) is 0 Å². The molecule has 1 N–H and O–H groups in total. The topological polar surface area (TPSA) is 43.0 Å². The molecule has 0 radical (unpaired) electrons. The third kappa shape index (κ3) is 2.45. The van der Waals surface area contributed by atoms with Crippen LogP contribution in [0.3, 0.4) is 0 Å². The van der Waals surface area contributed by atoms with Crippen molar-refractivity contribution >= 4 is 11.0 Å². The lowest BCUT2D eigenvalue weighted by molar-refractivity contribution is 0.465. The molecule has 0 aliphatic heterocycles. The average Bonchev–Trinajstić information content (AvgIpc) is 3.03. The number of hydrogen-bond donors (Lipinski definition) is 1.